The van der Waals surface area contributed by atoms with E-state index >= 15 is 0 Å². The molecule has 3 rings (SSSR count). The van der Waals surface area contributed by atoms with Crippen LogP contribution in [-0.4, -0.2) is 43.7 Å². The third-order valence-corrected chi connectivity index (χ3v) is 5.74. The molecule has 0 fully saturated rings. The quantitative estimate of drug-likeness (QED) is 0.143. The van der Waals surface area contributed by atoms with Gasteiger partial charge in [0.1, 0.15) is 5.82 Å². The van der Waals surface area contributed by atoms with Gasteiger partial charge in [-0.05, 0) is 36.8 Å². The largest absolute Gasteiger partial charge is 0.416 e. The van der Waals surface area contributed by atoms with Crippen LogP contribution < -0.4 is 5.32 Å². The van der Waals surface area contributed by atoms with Crippen LogP contribution >= 0.6 is 11.8 Å². The third kappa shape index (κ3) is 6.88. The number of nitrogens with zero attached hydrogens (tertiary/aromatic N) is 4. The number of alkyl halides is 3. The van der Waals surface area contributed by atoms with E-state index in [9.17, 15) is 32.9 Å². The minimum atomic E-state index is -4.55. The Balaban J connectivity index is 1.84. The Bertz CT molecular complexity index is 1230. The number of Topliss-reactive ketones (excluding diaryl/α,β-unsaturated/α-hetero) is 1. The van der Waals surface area contributed by atoms with Crippen LogP contribution in [0.5, 0.6) is 0 Å². The molecule has 0 saturated heterocycles. The van der Waals surface area contributed by atoms with Crippen molar-refractivity contribution in [1.82, 2.24) is 20.1 Å². The highest BCUT2D eigenvalue weighted by Crippen LogP contribution is 2.32. The Morgan fingerprint density at radius 3 is 2.49 bits per heavy atom. The first kappa shape index (κ1) is 25.9. The molecule has 0 aliphatic rings. The van der Waals surface area contributed by atoms with Crippen LogP contribution in [0.1, 0.15) is 35.1 Å². The van der Waals surface area contributed by atoms with Gasteiger partial charge in [-0.3, -0.25) is 24.3 Å². The predicted molar refractivity (Wildman–Crippen MR) is 122 cm³/mol. The Morgan fingerprint density at radius 1 is 1.14 bits per heavy atom. The standard InChI is InChI=1S/C22H20F3N5O4S/c1-14(31)26-11-3-6-20-27-28-21(29(20)18-5-2-4-16(12-18)22(23,24)25)35-13-19(32)15-7-9-17(10-8-15)30(33)34/h2,4-5,7-10,12H,3,6,11,13H2,1H3,(H,26,31). The van der Waals surface area contributed by atoms with Gasteiger partial charge in [-0.25, -0.2) is 0 Å². The molecule has 1 aromatic heterocycles. The lowest BCUT2D eigenvalue weighted by molar-refractivity contribution is -0.384. The number of aryl methyl sites for hydroxylation is 1. The number of amides is 1. The first-order valence-corrected chi connectivity index (χ1v) is 11.3. The van der Waals surface area contributed by atoms with E-state index in [1.54, 1.807) is 0 Å². The molecule has 0 aliphatic carbocycles. The number of nitrogens with one attached hydrogen (secondary N) is 1. The number of non-ortho nitro benzene ring substituents is 1. The van der Waals surface area contributed by atoms with Crippen molar-refractivity contribution in [2.24, 2.45) is 0 Å². The van der Waals surface area contributed by atoms with Crippen LogP contribution in [0.25, 0.3) is 5.69 Å². The van der Waals surface area contributed by atoms with Crippen LogP contribution in [0.2, 0.25) is 0 Å². The summed E-state index contributed by atoms with van der Waals surface area (Å²) in [5, 5.41) is 21.8. The zero-order valence-corrected chi connectivity index (χ0v) is 19.2. The summed E-state index contributed by atoms with van der Waals surface area (Å²) < 4.78 is 41.3. The molecule has 1 N–H and O–H groups in total. The number of carbonyl (C=O) groups excluding carboxylic acids is 2. The molecular formula is C22H20F3N5O4S. The fourth-order valence-electron chi connectivity index (χ4n) is 3.13. The molecular weight excluding hydrogens is 487 g/mol. The average molecular weight is 507 g/mol. The molecule has 0 aliphatic heterocycles. The second-order valence-electron chi connectivity index (χ2n) is 7.38. The number of rotatable bonds is 10. The second-order valence-corrected chi connectivity index (χ2v) is 8.33. The number of hydrogen-bond acceptors (Lipinski definition) is 7. The molecule has 0 bridgehead atoms. The molecule has 9 nitrogen and oxygen atoms in total. The maximum Gasteiger partial charge on any atom is 0.416 e. The minimum absolute atomic E-state index is 0.110. The van der Waals surface area contributed by atoms with Gasteiger partial charge in [0.25, 0.3) is 5.69 Å². The molecule has 1 amide bonds. The van der Waals surface area contributed by atoms with Gasteiger partial charge in [0.2, 0.25) is 5.91 Å². The molecule has 1 heterocycles. The molecule has 0 unspecified atom stereocenters. The van der Waals surface area contributed by atoms with Crippen LogP contribution in [0.15, 0.2) is 53.7 Å². The molecule has 0 spiro atoms. The zero-order valence-electron chi connectivity index (χ0n) is 18.4. The smallest absolute Gasteiger partial charge is 0.356 e. The molecule has 13 heteroatoms. The fourth-order valence-corrected chi connectivity index (χ4v) is 4.00. The number of benzene rings is 2. The van der Waals surface area contributed by atoms with Crippen LogP contribution in [0.3, 0.4) is 0 Å². The van der Waals surface area contributed by atoms with Gasteiger partial charge in [-0.15, -0.1) is 10.2 Å². The van der Waals surface area contributed by atoms with E-state index in [0.717, 1.165) is 23.9 Å². The number of hydrogen-bond donors (Lipinski definition) is 1. The van der Waals surface area contributed by atoms with E-state index in [2.05, 4.69) is 15.5 Å². The Morgan fingerprint density at radius 2 is 1.86 bits per heavy atom. The SMILES string of the molecule is CC(=O)NCCCc1nnc(SCC(=O)c2ccc([N+](=O)[O-])cc2)n1-c1cccc(C(F)(F)F)c1. The van der Waals surface area contributed by atoms with E-state index < -0.39 is 16.7 Å². The van der Waals surface area contributed by atoms with Crippen molar-refractivity contribution >= 4 is 29.1 Å². The van der Waals surface area contributed by atoms with Crippen LogP contribution in [0.4, 0.5) is 18.9 Å². The summed E-state index contributed by atoms with van der Waals surface area (Å²) in [4.78, 5) is 33.9. The minimum Gasteiger partial charge on any atom is -0.356 e. The monoisotopic (exact) mass is 507 g/mol. The maximum atomic E-state index is 13.3. The van der Waals surface area contributed by atoms with Crippen molar-refractivity contribution in [2.75, 3.05) is 12.3 Å². The van der Waals surface area contributed by atoms with Gasteiger partial charge in [0, 0.05) is 43.3 Å². The van der Waals surface area contributed by atoms with Gasteiger partial charge in [-0.2, -0.15) is 13.2 Å². The highest BCUT2D eigenvalue weighted by molar-refractivity contribution is 7.99. The molecule has 2 aromatic carbocycles. The molecule has 3 aromatic rings. The van der Waals surface area contributed by atoms with Gasteiger partial charge in [0.15, 0.2) is 10.9 Å². The Labute approximate surface area is 201 Å². The molecule has 184 valence electrons. The van der Waals surface area contributed by atoms with Crippen LogP contribution in [-0.2, 0) is 17.4 Å². The number of halogens is 3. The maximum absolute atomic E-state index is 13.3. The molecule has 0 atom stereocenters. The van der Waals surface area contributed by atoms with Crippen LogP contribution in [0, 0.1) is 10.1 Å². The normalized spacial score (nSPS) is 11.3. The van der Waals surface area contributed by atoms with E-state index in [1.165, 1.54) is 47.9 Å². The molecule has 35 heavy (non-hydrogen) atoms. The summed E-state index contributed by atoms with van der Waals surface area (Å²) in [6.07, 6.45) is -3.75. The summed E-state index contributed by atoms with van der Waals surface area (Å²) in [6, 6.07) is 9.80. The number of carbonyl (C=O) groups is 2. The summed E-state index contributed by atoms with van der Waals surface area (Å²) in [6.45, 7) is 1.73. The van der Waals surface area contributed by atoms with Gasteiger partial charge in [0.05, 0.1) is 16.2 Å². The van der Waals surface area contributed by atoms with Gasteiger partial charge in [-0.1, -0.05) is 17.8 Å². The van der Waals surface area contributed by atoms with Crippen molar-refractivity contribution in [3.8, 4) is 5.69 Å². The Kier molecular flexibility index (Phi) is 8.22. The number of thioether (sulfide) groups is 1. The average Bonchev–Trinajstić information content (AvgIpc) is 3.22. The highest BCUT2D eigenvalue weighted by atomic mass is 32.2. The molecule has 0 radical (unpaired) electrons. The van der Waals surface area contributed by atoms with Crippen molar-refractivity contribution < 1.29 is 27.7 Å². The lowest BCUT2D eigenvalue weighted by Crippen LogP contribution is -2.21. The first-order valence-electron chi connectivity index (χ1n) is 10.3. The van der Waals surface area contributed by atoms with Gasteiger partial charge >= 0.3 is 6.18 Å². The predicted octanol–water partition coefficient (Wildman–Crippen LogP) is 4.24. The Hall–Kier alpha value is -3.74. The summed E-state index contributed by atoms with van der Waals surface area (Å²) in [5.41, 5.74) is -0.554. The van der Waals surface area contributed by atoms with Crippen molar-refractivity contribution in [3.05, 3.63) is 75.6 Å². The number of nitro groups is 1. The van der Waals surface area contributed by atoms with E-state index in [-0.39, 0.29) is 39.5 Å². The number of ketones is 1. The highest BCUT2D eigenvalue weighted by Gasteiger charge is 2.31. The number of nitro benzene ring substituents is 1. The van der Waals surface area contributed by atoms with E-state index in [0.29, 0.717) is 25.2 Å². The topological polar surface area (TPSA) is 120 Å². The van der Waals surface area contributed by atoms with E-state index in [1.807, 2.05) is 0 Å². The summed E-state index contributed by atoms with van der Waals surface area (Å²) >= 11 is 0.989. The summed E-state index contributed by atoms with van der Waals surface area (Å²) in [7, 11) is 0. The fraction of sp³-hybridized carbons (Fsp3) is 0.273. The lowest BCUT2D eigenvalue weighted by atomic mass is 10.1. The third-order valence-electron chi connectivity index (χ3n) is 4.82. The van der Waals surface area contributed by atoms with Crippen molar-refractivity contribution in [1.29, 1.82) is 0 Å². The molecule has 0 saturated carbocycles. The van der Waals surface area contributed by atoms with Crippen molar-refractivity contribution in [3.63, 3.8) is 0 Å². The van der Waals surface area contributed by atoms with Crippen molar-refractivity contribution in [2.45, 2.75) is 31.1 Å². The second kappa shape index (κ2) is 11.1. The van der Waals surface area contributed by atoms with E-state index in [4.69, 9.17) is 0 Å². The first-order chi connectivity index (χ1) is 16.6. The summed E-state index contributed by atoms with van der Waals surface area (Å²) in [5.74, 6) is -0.276. The lowest BCUT2D eigenvalue weighted by Gasteiger charge is -2.13. The zero-order chi connectivity index (χ0) is 25.6. The number of aromatic nitrogens is 3. The van der Waals surface area contributed by atoms with Gasteiger partial charge < -0.3 is 5.32 Å².